The standard InChI is InChI=1S/C12H18N2O4S/c1-9(13)6-7-14-19(16,17)11-5-3-4-10(8-11)12(15)18-2/h3-5,8-9,14H,6-7,13H2,1-2H3. The van der Waals surface area contributed by atoms with Crippen molar-refractivity contribution < 1.29 is 17.9 Å². The molecule has 0 aromatic heterocycles. The van der Waals surface area contributed by atoms with Crippen molar-refractivity contribution in [2.24, 2.45) is 5.73 Å². The summed E-state index contributed by atoms with van der Waals surface area (Å²) in [5, 5.41) is 0. The van der Waals surface area contributed by atoms with Crippen molar-refractivity contribution in [3.05, 3.63) is 29.8 Å². The summed E-state index contributed by atoms with van der Waals surface area (Å²) >= 11 is 0. The van der Waals surface area contributed by atoms with Crippen LogP contribution in [0.2, 0.25) is 0 Å². The van der Waals surface area contributed by atoms with Gasteiger partial charge in [0.05, 0.1) is 17.6 Å². The van der Waals surface area contributed by atoms with Crippen LogP contribution in [0.1, 0.15) is 23.7 Å². The number of carbonyl (C=O) groups is 1. The summed E-state index contributed by atoms with van der Waals surface area (Å²) in [4.78, 5) is 11.4. The highest BCUT2D eigenvalue weighted by Gasteiger charge is 2.16. The summed E-state index contributed by atoms with van der Waals surface area (Å²) in [5.41, 5.74) is 5.74. The van der Waals surface area contributed by atoms with Gasteiger partial charge in [0.25, 0.3) is 0 Å². The molecule has 6 nitrogen and oxygen atoms in total. The molecule has 0 saturated carbocycles. The number of methoxy groups -OCH3 is 1. The van der Waals surface area contributed by atoms with Crippen LogP contribution in [0.5, 0.6) is 0 Å². The lowest BCUT2D eigenvalue weighted by Crippen LogP contribution is -2.29. The second-order valence-electron chi connectivity index (χ2n) is 4.18. The van der Waals surface area contributed by atoms with Crippen molar-refractivity contribution in [2.75, 3.05) is 13.7 Å². The van der Waals surface area contributed by atoms with E-state index in [1.165, 1.54) is 31.4 Å². The lowest BCUT2D eigenvalue weighted by Gasteiger charge is -2.09. The molecule has 0 aliphatic rings. The zero-order chi connectivity index (χ0) is 14.5. The molecule has 0 radical (unpaired) electrons. The summed E-state index contributed by atoms with van der Waals surface area (Å²) in [7, 11) is -2.39. The Morgan fingerprint density at radius 1 is 1.47 bits per heavy atom. The van der Waals surface area contributed by atoms with Crippen molar-refractivity contribution >= 4 is 16.0 Å². The molecule has 1 atom stereocenters. The third-order valence-corrected chi connectivity index (χ3v) is 3.92. The molecule has 19 heavy (non-hydrogen) atoms. The molecule has 0 heterocycles. The van der Waals surface area contributed by atoms with E-state index in [9.17, 15) is 13.2 Å². The molecule has 3 N–H and O–H groups in total. The summed E-state index contributed by atoms with van der Waals surface area (Å²) < 4.78 is 30.9. The Balaban J connectivity index is 2.86. The van der Waals surface area contributed by atoms with Gasteiger partial charge in [0, 0.05) is 12.6 Å². The van der Waals surface area contributed by atoms with Crippen molar-refractivity contribution in [1.29, 1.82) is 0 Å². The van der Waals surface area contributed by atoms with Gasteiger partial charge >= 0.3 is 5.97 Å². The van der Waals surface area contributed by atoms with Crippen LogP contribution in [0.25, 0.3) is 0 Å². The zero-order valence-corrected chi connectivity index (χ0v) is 11.7. The van der Waals surface area contributed by atoms with Crippen LogP contribution in [-0.2, 0) is 14.8 Å². The van der Waals surface area contributed by atoms with Crippen LogP contribution < -0.4 is 10.5 Å². The van der Waals surface area contributed by atoms with Crippen LogP contribution in [0.15, 0.2) is 29.2 Å². The Hall–Kier alpha value is -1.44. The largest absolute Gasteiger partial charge is 0.465 e. The molecule has 1 aromatic carbocycles. The molecular formula is C12H18N2O4S. The molecule has 0 aliphatic carbocycles. The van der Waals surface area contributed by atoms with Gasteiger partial charge in [-0.05, 0) is 31.5 Å². The first-order valence-corrected chi connectivity index (χ1v) is 7.29. The smallest absolute Gasteiger partial charge is 0.337 e. The highest BCUT2D eigenvalue weighted by atomic mass is 32.2. The molecule has 7 heteroatoms. The number of rotatable bonds is 6. The Labute approximate surface area is 113 Å². The van der Waals surface area contributed by atoms with Gasteiger partial charge in [0.15, 0.2) is 0 Å². The van der Waals surface area contributed by atoms with Gasteiger partial charge < -0.3 is 10.5 Å². The highest BCUT2D eigenvalue weighted by molar-refractivity contribution is 7.89. The van der Waals surface area contributed by atoms with E-state index in [1.54, 1.807) is 6.92 Å². The first-order valence-electron chi connectivity index (χ1n) is 5.80. The number of ether oxygens (including phenoxy) is 1. The summed E-state index contributed by atoms with van der Waals surface area (Å²) in [6.07, 6.45) is 0.538. The number of benzene rings is 1. The van der Waals surface area contributed by atoms with E-state index in [2.05, 4.69) is 9.46 Å². The molecule has 0 spiro atoms. The molecule has 0 amide bonds. The molecule has 1 unspecified atom stereocenters. The summed E-state index contributed by atoms with van der Waals surface area (Å²) in [5.74, 6) is -0.576. The zero-order valence-electron chi connectivity index (χ0n) is 10.9. The minimum absolute atomic E-state index is 0.0278. The maximum Gasteiger partial charge on any atom is 0.337 e. The van der Waals surface area contributed by atoms with Gasteiger partial charge in [0.2, 0.25) is 10.0 Å². The predicted octanol–water partition coefficient (Wildman–Crippen LogP) is 0.489. The van der Waals surface area contributed by atoms with Crippen LogP contribution in [0.3, 0.4) is 0 Å². The normalized spacial score (nSPS) is 13.0. The van der Waals surface area contributed by atoms with Crippen molar-refractivity contribution in [3.8, 4) is 0 Å². The highest BCUT2D eigenvalue weighted by Crippen LogP contribution is 2.12. The molecule has 0 saturated heterocycles. The number of esters is 1. The molecule has 106 valence electrons. The molecule has 1 aromatic rings. The van der Waals surface area contributed by atoms with Gasteiger partial charge in [-0.2, -0.15) is 0 Å². The van der Waals surface area contributed by atoms with E-state index < -0.39 is 16.0 Å². The fraction of sp³-hybridized carbons (Fsp3) is 0.417. The topological polar surface area (TPSA) is 98.5 Å². The average molecular weight is 286 g/mol. The van der Waals surface area contributed by atoms with E-state index in [0.29, 0.717) is 6.42 Å². The van der Waals surface area contributed by atoms with E-state index in [-0.39, 0.29) is 23.0 Å². The SMILES string of the molecule is COC(=O)c1cccc(S(=O)(=O)NCCC(C)N)c1. The fourth-order valence-electron chi connectivity index (χ4n) is 1.41. The number of hydrogen-bond acceptors (Lipinski definition) is 5. The fourth-order valence-corrected chi connectivity index (χ4v) is 2.51. The van der Waals surface area contributed by atoms with E-state index in [1.807, 2.05) is 0 Å². The Bertz CT molecular complexity index is 540. The minimum atomic E-state index is -3.63. The maximum atomic E-state index is 12.0. The molecule has 1 rings (SSSR count). The quantitative estimate of drug-likeness (QED) is 0.741. The first-order chi connectivity index (χ1) is 8.86. The van der Waals surface area contributed by atoms with E-state index >= 15 is 0 Å². The van der Waals surface area contributed by atoms with Crippen LogP contribution in [0, 0.1) is 0 Å². The maximum absolute atomic E-state index is 12.0. The number of sulfonamides is 1. The lowest BCUT2D eigenvalue weighted by molar-refractivity contribution is 0.0600. The monoisotopic (exact) mass is 286 g/mol. The Morgan fingerprint density at radius 3 is 2.74 bits per heavy atom. The average Bonchev–Trinajstić information content (AvgIpc) is 2.37. The number of nitrogens with two attached hydrogens (primary N) is 1. The summed E-state index contributed by atoms with van der Waals surface area (Å²) in [6.45, 7) is 2.05. The van der Waals surface area contributed by atoms with Gasteiger partial charge in [-0.25, -0.2) is 17.9 Å². The van der Waals surface area contributed by atoms with Crippen LogP contribution in [-0.4, -0.2) is 34.1 Å². The summed E-state index contributed by atoms with van der Waals surface area (Å²) in [6, 6.07) is 5.60. The van der Waals surface area contributed by atoms with Crippen molar-refractivity contribution in [1.82, 2.24) is 4.72 Å². The van der Waals surface area contributed by atoms with E-state index in [4.69, 9.17) is 5.73 Å². The van der Waals surface area contributed by atoms with E-state index in [0.717, 1.165) is 0 Å². The van der Waals surface area contributed by atoms with Gasteiger partial charge in [0.1, 0.15) is 0 Å². The number of nitrogens with one attached hydrogen (secondary N) is 1. The van der Waals surface area contributed by atoms with Crippen molar-refractivity contribution in [2.45, 2.75) is 24.3 Å². The van der Waals surface area contributed by atoms with Gasteiger partial charge in [-0.1, -0.05) is 6.07 Å². The second kappa shape index (κ2) is 6.65. The predicted molar refractivity (Wildman–Crippen MR) is 71.2 cm³/mol. The second-order valence-corrected chi connectivity index (χ2v) is 5.95. The van der Waals surface area contributed by atoms with Crippen molar-refractivity contribution in [3.63, 3.8) is 0 Å². The number of hydrogen-bond donors (Lipinski definition) is 2. The third-order valence-electron chi connectivity index (χ3n) is 2.46. The first kappa shape index (κ1) is 15.6. The van der Waals surface area contributed by atoms with Crippen LogP contribution in [0.4, 0.5) is 0 Å². The lowest BCUT2D eigenvalue weighted by atomic mass is 10.2. The van der Waals surface area contributed by atoms with Crippen LogP contribution >= 0.6 is 0 Å². The van der Waals surface area contributed by atoms with Gasteiger partial charge in [-0.15, -0.1) is 0 Å². The molecule has 0 bridgehead atoms. The van der Waals surface area contributed by atoms with Gasteiger partial charge in [-0.3, -0.25) is 0 Å². The minimum Gasteiger partial charge on any atom is -0.465 e. The Morgan fingerprint density at radius 2 is 2.16 bits per heavy atom. The molecular weight excluding hydrogens is 268 g/mol. The number of carbonyl (C=O) groups excluding carboxylic acids is 1. The molecule has 0 fully saturated rings. The molecule has 0 aliphatic heterocycles. The Kier molecular flexibility index (Phi) is 5.46. The third kappa shape index (κ3) is 4.62.